The van der Waals surface area contributed by atoms with E-state index in [9.17, 15) is 8.42 Å². The highest BCUT2D eigenvalue weighted by atomic mass is 35.5. The Kier molecular flexibility index (Phi) is 5.95. The zero-order valence-electron chi connectivity index (χ0n) is 16.2. The SMILES string of the molecule is CCc1ccc(-c2csc(N3CCC(S(=O)(=O)c4ccccc4Cl)CC3)n2)cc1. The second-order valence-corrected chi connectivity index (χ2v) is 10.7. The van der Waals surface area contributed by atoms with Crippen molar-refractivity contribution in [2.24, 2.45) is 0 Å². The van der Waals surface area contributed by atoms with Crippen LogP contribution in [0, 0.1) is 0 Å². The number of aromatic nitrogens is 1. The highest BCUT2D eigenvalue weighted by Gasteiger charge is 2.33. The minimum Gasteiger partial charge on any atom is -0.348 e. The standard InChI is InChI=1S/C22H23ClN2O2S2/c1-2-16-7-9-17(10-8-16)20-15-28-22(24-20)25-13-11-18(12-14-25)29(26,27)21-6-4-3-5-19(21)23/h3-10,15,18H,2,11-14H2,1H3. The Morgan fingerprint density at radius 1 is 1.10 bits per heavy atom. The Balaban J connectivity index is 1.45. The molecule has 1 aromatic heterocycles. The number of anilines is 1. The van der Waals surface area contributed by atoms with Gasteiger partial charge in [-0.15, -0.1) is 11.3 Å². The Morgan fingerprint density at radius 3 is 2.45 bits per heavy atom. The zero-order chi connectivity index (χ0) is 20.4. The fraction of sp³-hybridized carbons (Fsp3) is 0.318. The number of rotatable bonds is 5. The molecule has 0 spiro atoms. The van der Waals surface area contributed by atoms with E-state index in [1.165, 1.54) is 5.56 Å². The van der Waals surface area contributed by atoms with Crippen LogP contribution >= 0.6 is 22.9 Å². The van der Waals surface area contributed by atoms with E-state index >= 15 is 0 Å². The molecule has 1 fully saturated rings. The summed E-state index contributed by atoms with van der Waals surface area (Å²) in [6.45, 7) is 3.50. The van der Waals surface area contributed by atoms with Gasteiger partial charge in [0, 0.05) is 24.0 Å². The Labute approximate surface area is 181 Å². The van der Waals surface area contributed by atoms with Crippen molar-refractivity contribution in [3.05, 3.63) is 64.5 Å². The van der Waals surface area contributed by atoms with Gasteiger partial charge < -0.3 is 4.90 Å². The first-order chi connectivity index (χ1) is 14.0. The largest absolute Gasteiger partial charge is 0.348 e. The number of nitrogens with zero attached hydrogens (tertiary/aromatic N) is 2. The van der Waals surface area contributed by atoms with Crippen molar-refractivity contribution in [2.75, 3.05) is 18.0 Å². The van der Waals surface area contributed by atoms with Crippen molar-refractivity contribution in [1.82, 2.24) is 4.98 Å². The number of piperidine rings is 1. The summed E-state index contributed by atoms with van der Waals surface area (Å²) in [4.78, 5) is 7.22. The van der Waals surface area contributed by atoms with Crippen LogP contribution in [0.15, 0.2) is 58.8 Å². The number of halogens is 1. The van der Waals surface area contributed by atoms with Crippen LogP contribution in [-0.4, -0.2) is 31.7 Å². The van der Waals surface area contributed by atoms with Crippen LogP contribution in [0.3, 0.4) is 0 Å². The van der Waals surface area contributed by atoms with Crippen LogP contribution in [0.5, 0.6) is 0 Å². The monoisotopic (exact) mass is 446 g/mol. The molecule has 1 saturated heterocycles. The fourth-order valence-corrected chi connectivity index (χ4v) is 6.81. The number of aryl methyl sites for hydroxylation is 1. The summed E-state index contributed by atoms with van der Waals surface area (Å²) in [5, 5.41) is 2.92. The molecule has 2 heterocycles. The van der Waals surface area contributed by atoms with Crippen molar-refractivity contribution < 1.29 is 8.42 Å². The maximum absolute atomic E-state index is 13.0. The summed E-state index contributed by atoms with van der Waals surface area (Å²) >= 11 is 7.75. The highest BCUT2D eigenvalue weighted by molar-refractivity contribution is 7.92. The van der Waals surface area contributed by atoms with Crippen molar-refractivity contribution in [1.29, 1.82) is 0 Å². The molecule has 3 aromatic rings. The molecule has 0 radical (unpaired) electrons. The van der Waals surface area contributed by atoms with E-state index in [-0.39, 0.29) is 4.90 Å². The van der Waals surface area contributed by atoms with E-state index in [1.54, 1.807) is 35.6 Å². The van der Waals surface area contributed by atoms with Gasteiger partial charge in [0.1, 0.15) is 0 Å². The molecule has 0 N–H and O–H groups in total. The van der Waals surface area contributed by atoms with Gasteiger partial charge in [0.15, 0.2) is 15.0 Å². The van der Waals surface area contributed by atoms with Crippen molar-refractivity contribution >= 4 is 37.9 Å². The van der Waals surface area contributed by atoms with Gasteiger partial charge in [-0.1, -0.05) is 54.9 Å². The highest BCUT2D eigenvalue weighted by Crippen LogP contribution is 2.33. The first kappa shape index (κ1) is 20.4. The number of thiazole rings is 1. The van der Waals surface area contributed by atoms with Gasteiger partial charge >= 0.3 is 0 Å². The summed E-state index contributed by atoms with van der Waals surface area (Å²) in [5.74, 6) is 0. The van der Waals surface area contributed by atoms with Crippen molar-refractivity contribution in [3.63, 3.8) is 0 Å². The summed E-state index contributed by atoms with van der Waals surface area (Å²) in [6, 6.07) is 15.2. The maximum atomic E-state index is 13.0. The van der Waals surface area contributed by atoms with Gasteiger partial charge in [0.2, 0.25) is 0 Å². The molecular formula is C22H23ClN2O2S2. The Morgan fingerprint density at radius 2 is 1.79 bits per heavy atom. The van der Waals surface area contributed by atoms with E-state index < -0.39 is 15.1 Å². The molecule has 0 unspecified atom stereocenters. The molecule has 0 saturated carbocycles. The van der Waals surface area contributed by atoms with Gasteiger partial charge in [-0.2, -0.15) is 0 Å². The molecule has 152 valence electrons. The number of benzene rings is 2. The average molecular weight is 447 g/mol. The smallest absolute Gasteiger partial charge is 0.185 e. The lowest BCUT2D eigenvalue weighted by atomic mass is 10.1. The van der Waals surface area contributed by atoms with Gasteiger partial charge in [0.25, 0.3) is 0 Å². The molecule has 1 aliphatic rings. The number of hydrogen-bond donors (Lipinski definition) is 0. The van der Waals surface area contributed by atoms with E-state index in [4.69, 9.17) is 16.6 Å². The minimum absolute atomic E-state index is 0.243. The van der Waals surface area contributed by atoms with Crippen LogP contribution in [0.2, 0.25) is 5.02 Å². The second-order valence-electron chi connectivity index (χ2n) is 7.23. The van der Waals surface area contributed by atoms with E-state index in [0.29, 0.717) is 31.0 Å². The van der Waals surface area contributed by atoms with E-state index in [0.717, 1.165) is 22.8 Å². The third-order valence-electron chi connectivity index (χ3n) is 5.44. The molecular weight excluding hydrogens is 424 g/mol. The molecule has 4 nitrogen and oxygen atoms in total. The molecule has 1 aliphatic heterocycles. The minimum atomic E-state index is -3.42. The fourth-order valence-electron chi connectivity index (χ4n) is 3.67. The molecule has 0 bridgehead atoms. The van der Waals surface area contributed by atoms with Crippen LogP contribution in [0.4, 0.5) is 5.13 Å². The first-order valence-electron chi connectivity index (χ1n) is 9.77. The van der Waals surface area contributed by atoms with Gasteiger partial charge in [0.05, 0.1) is 20.9 Å². The molecule has 0 aliphatic carbocycles. The lowest BCUT2D eigenvalue weighted by Crippen LogP contribution is -2.39. The van der Waals surface area contributed by atoms with E-state index in [1.807, 2.05) is 0 Å². The summed E-state index contributed by atoms with van der Waals surface area (Å²) < 4.78 is 26.0. The summed E-state index contributed by atoms with van der Waals surface area (Å²) in [5.41, 5.74) is 3.39. The third-order valence-corrected chi connectivity index (χ3v) is 9.11. The van der Waals surface area contributed by atoms with Gasteiger partial charge in [-0.3, -0.25) is 0 Å². The van der Waals surface area contributed by atoms with E-state index in [2.05, 4.69) is 41.5 Å². The molecule has 7 heteroatoms. The molecule has 4 rings (SSSR count). The average Bonchev–Trinajstić information content (AvgIpc) is 3.24. The number of hydrogen-bond acceptors (Lipinski definition) is 5. The predicted molar refractivity (Wildman–Crippen MR) is 121 cm³/mol. The van der Waals surface area contributed by atoms with Gasteiger partial charge in [-0.05, 0) is 37.0 Å². The molecule has 0 amide bonds. The van der Waals surface area contributed by atoms with Crippen molar-refractivity contribution in [2.45, 2.75) is 36.3 Å². The molecule has 0 atom stereocenters. The topological polar surface area (TPSA) is 50.3 Å². The van der Waals surface area contributed by atoms with Crippen molar-refractivity contribution in [3.8, 4) is 11.3 Å². The van der Waals surface area contributed by atoms with Crippen LogP contribution in [0.25, 0.3) is 11.3 Å². The molecule has 29 heavy (non-hydrogen) atoms. The van der Waals surface area contributed by atoms with Crippen LogP contribution in [-0.2, 0) is 16.3 Å². The number of sulfone groups is 1. The summed E-state index contributed by atoms with van der Waals surface area (Å²) in [7, 11) is -3.42. The first-order valence-corrected chi connectivity index (χ1v) is 12.6. The molecule has 2 aromatic carbocycles. The predicted octanol–water partition coefficient (Wildman–Crippen LogP) is 5.47. The summed E-state index contributed by atoms with van der Waals surface area (Å²) in [6.07, 6.45) is 2.18. The normalized spacial score (nSPS) is 15.6. The lowest BCUT2D eigenvalue weighted by molar-refractivity contribution is 0.529. The second kappa shape index (κ2) is 8.46. The maximum Gasteiger partial charge on any atom is 0.185 e. The Hall–Kier alpha value is -1.89. The third kappa shape index (κ3) is 4.20. The van der Waals surface area contributed by atoms with Crippen LogP contribution in [0.1, 0.15) is 25.3 Å². The lowest BCUT2D eigenvalue weighted by Gasteiger charge is -2.31. The van der Waals surface area contributed by atoms with Gasteiger partial charge in [-0.25, -0.2) is 13.4 Å². The Bertz CT molecular complexity index is 1090. The van der Waals surface area contributed by atoms with Crippen LogP contribution < -0.4 is 4.90 Å². The quantitative estimate of drug-likeness (QED) is 0.521. The zero-order valence-corrected chi connectivity index (χ0v) is 18.6.